The van der Waals surface area contributed by atoms with E-state index in [1.165, 1.54) is 17.0 Å². The Morgan fingerprint density at radius 1 is 1.45 bits per heavy atom. The molecule has 1 fully saturated rings. The van der Waals surface area contributed by atoms with E-state index in [9.17, 15) is 14.0 Å². The SMILES string of the molecule is CC[C@H]1CN(c2ccc(C(=O)OC(C)(C)C)c(F)c2)C(=O)O1. The van der Waals surface area contributed by atoms with Crippen LogP contribution in [0.3, 0.4) is 0 Å². The van der Waals surface area contributed by atoms with Gasteiger partial charge < -0.3 is 9.47 Å². The average Bonchev–Trinajstić information content (AvgIpc) is 2.77. The molecule has 1 aromatic carbocycles. The molecule has 1 amide bonds. The van der Waals surface area contributed by atoms with E-state index in [4.69, 9.17) is 9.47 Å². The number of benzene rings is 1. The summed E-state index contributed by atoms with van der Waals surface area (Å²) in [7, 11) is 0. The topological polar surface area (TPSA) is 55.8 Å². The van der Waals surface area contributed by atoms with Crippen molar-refractivity contribution in [2.45, 2.75) is 45.8 Å². The third-order valence-electron chi connectivity index (χ3n) is 3.21. The first-order valence-electron chi connectivity index (χ1n) is 7.22. The first-order chi connectivity index (χ1) is 10.2. The lowest BCUT2D eigenvalue weighted by molar-refractivity contribution is 0.00647. The summed E-state index contributed by atoms with van der Waals surface area (Å²) in [5.41, 5.74) is -0.487. The van der Waals surface area contributed by atoms with E-state index in [2.05, 4.69) is 0 Å². The van der Waals surface area contributed by atoms with Crippen molar-refractivity contribution < 1.29 is 23.5 Å². The van der Waals surface area contributed by atoms with Crippen molar-refractivity contribution in [2.24, 2.45) is 0 Å². The minimum absolute atomic E-state index is 0.154. The highest BCUT2D eigenvalue weighted by atomic mass is 19.1. The van der Waals surface area contributed by atoms with Crippen LogP contribution in [0.1, 0.15) is 44.5 Å². The third-order valence-corrected chi connectivity index (χ3v) is 3.21. The molecule has 1 saturated heterocycles. The number of cyclic esters (lactones) is 1. The molecule has 2 rings (SSSR count). The fraction of sp³-hybridized carbons (Fsp3) is 0.500. The molecular formula is C16H20FNO4. The number of anilines is 1. The third kappa shape index (κ3) is 3.55. The highest BCUT2D eigenvalue weighted by Crippen LogP contribution is 2.25. The number of nitrogens with zero attached hydrogens (tertiary/aromatic N) is 1. The van der Waals surface area contributed by atoms with E-state index in [0.29, 0.717) is 18.7 Å². The Balaban J connectivity index is 2.20. The van der Waals surface area contributed by atoms with Gasteiger partial charge in [0.25, 0.3) is 0 Å². The summed E-state index contributed by atoms with van der Waals surface area (Å²) in [5, 5.41) is 0. The molecule has 1 aliphatic rings. The molecule has 0 unspecified atom stereocenters. The minimum Gasteiger partial charge on any atom is -0.456 e. The second kappa shape index (κ2) is 5.94. The zero-order chi connectivity index (χ0) is 16.5. The molecule has 6 heteroatoms. The van der Waals surface area contributed by atoms with Crippen LogP contribution in [0, 0.1) is 5.82 Å². The van der Waals surface area contributed by atoms with Gasteiger partial charge in [0.2, 0.25) is 0 Å². The summed E-state index contributed by atoms with van der Waals surface area (Å²) >= 11 is 0. The van der Waals surface area contributed by atoms with E-state index in [1.54, 1.807) is 20.8 Å². The van der Waals surface area contributed by atoms with Crippen LogP contribution in [0.25, 0.3) is 0 Å². The quantitative estimate of drug-likeness (QED) is 0.802. The monoisotopic (exact) mass is 309 g/mol. The molecule has 1 heterocycles. The number of carbonyl (C=O) groups excluding carboxylic acids is 2. The molecule has 5 nitrogen and oxygen atoms in total. The smallest absolute Gasteiger partial charge is 0.414 e. The van der Waals surface area contributed by atoms with E-state index < -0.39 is 23.5 Å². The Kier molecular flexibility index (Phi) is 4.39. The number of amides is 1. The predicted molar refractivity (Wildman–Crippen MR) is 79.5 cm³/mol. The molecule has 0 spiro atoms. The molecule has 22 heavy (non-hydrogen) atoms. The molecule has 1 aliphatic heterocycles. The van der Waals surface area contributed by atoms with Crippen LogP contribution < -0.4 is 4.90 Å². The number of halogens is 1. The number of hydrogen-bond donors (Lipinski definition) is 0. The van der Waals surface area contributed by atoms with E-state index in [0.717, 1.165) is 6.07 Å². The Morgan fingerprint density at radius 2 is 2.14 bits per heavy atom. The summed E-state index contributed by atoms with van der Waals surface area (Å²) in [6.07, 6.45) is -0.00173. The molecular weight excluding hydrogens is 289 g/mol. The van der Waals surface area contributed by atoms with Crippen LogP contribution in [0.15, 0.2) is 18.2 Å². The van der Waals surface area contributed by atoms with Crippen LogP contribution in [-0.4, -0.2) is 30.3 Å². The zero-order valence-corrected chi connectivity index (χ0v) is 13.2. The number of esters is 1. The van der Waals surface area contributed by atoms with E-state index >= 15 is 0 Å². The highest BCUT2D eigenvalue weighted by molar-refractivity contribution is 5.93. The van der Waals surface area contributed by atoms with E-state index in [1.807, 2.05) is 6.92 Å². The fourth-order valence-electron chi connectivity index (χ4n) is 2.12. The first-order valence-corrected chi connectivity index (χ1v) is 7.22. The molecule has 0 radical (unpaired) electrons. The van der Waals surface area contributed by atoms with Crippen molar-refractivity contribution in [3.63, 3.8) is 0 Å². The standard InChI is InChI=1S/C16H20FNO4/c1-5-11-9-18(15(20)21-11)10-6-7-12(13(17)8-10)14(19)22-16(2,3)4/h6-8,11H,5,9H2,1-4H3/t11-/m0/s1. The maximum absolute atomic E-state index is 14.2. The fourth-order valence-corrected chi connectivity index (χ4v) is 2.12. The number of hydrogen-bond acceptors (Lipinski definition) is 4. The Bertz CT molecular complexity index is 594. The lowest BCUT2D eigenvalue weighted by atomic mass is 10.1. The van der Waals surface area contributed by atoms with Crippen molar-refractivity contribution >= 4 is 17.7 Å². The molecule has 1 atom stereocenters. The van der Waals surface area contributed by atoms with Gasteiger partial charge in [0.1, 0.15) is 17.5 Å². The normalized spacial score (nSPS) is 18.3. The molecule has 120 valence electrons. The van der Waals surface area contributed by atoms with Gasteiger partial charge >= 0.3 is 12.1 Å². The van der Waals surface area contributed by atoms with Crippen molar-refractivity contribution in [3.05, 3.63) is 29.6 Å². The van der Waals surface area contributed by atoms with Crippen molar-refractivity contribution in [3.8, 4) is 0 Å². The van der Waals surface area contributed by atoms with Gasteiger partial charge in [-0.1, -0.05) is 6.92 Å². The maximum Gasteiger partial charge on any atom is 0.414 e. The number of carbonyl (C=O) groups is 2. The van der Waals surface area contributed by atoms with Gasteiger partial charge in [0, 0.05) is 0 Å². The lowest BCUT2D eigenvalue weighted by Crippen LogP contribution is -2.26. The van der Waals surface area contributed by atoms with Gasteiger partial charge in [-0.15, -0.1) is 0 Å². The minimum atomic E-state index is -0.730. The molecule has 0 bridgehead atoms. The van der Waals surface area contributed by atoms with E-state index in [-0.39, 0.29) is 11.7 Å². The summed E-state index contributed by atoms with van der Waals surface area (Å²) in [5.74, 6) is -1.45. The van der Waals surface area contributed by atoms with Crippen molar-refractivity contribution in [2.75, 3.05) is 11.4 Å². The molecule has 0 aromatic heterocycles. The predicted octanol–water partition coefficient (Wildman–Crippen LogP) is 3.52. The Morgan fingerprint density at radius 3 is 2.64 bits per heavy atom. The van der Waals surface area contributed by atoms with Gasteiger partial charge in [-0.05, 0) is 45.4 Å². The number of ether oxygens (including phenoxy) is 2. The van der Waals surface area contributed by atoms with Crippen LogP contribution in [0.4, 0.5) is 14.9 Å². The number of rotatable bonds is 3. The Labute approximate surface area is 129 Å². The van der Waals surface area contributed by atoms with Crippen LogP contribution in [0.5, 0.6) is 0 Å². The highest BCUT2D eigenvalue weighted by Gasteiger charge is 2.32. The van der Waals surface area contributed by atoms with Crippen molar-refractivity contribution in [1.82, 2.24) is 0 Å². The lowest BCUT2D eigenvalue weighted by Gasteiger charge is -2.20. The van der Waals surface area contributed by atoms with Gasteiger partial charge in [-0.2, -0.15) is 0 Å². The average molecular weight is 309 g/mol. The summed E-state index contributed by atoms with van der Waals surface area (Å²) < 4.78 is 24.4. The Hall–Kier alpha value is -2.11. The molecule has 0 N–H and O–H groups in total. The van der Waals surface area contributed by atoms with Crippen LogP contribution in [0.2, 0.25) is 0 Å². The van der Waals surface area contributed by atoms with Crippen molar-refractivity contribution in [1.29, 1.82) is 0 Å². The van der Waals surface area contributed by atoms with Crippen LogP contribution in [-0.2, 0) is 9.47 Å². The summed E-state index contributed by atoms with van der Waals surface area (Å²) in [6.45, 7) is 7.42. The zero-order valence-electron chi connectivity index (χ0n) is 13.2. The second-order valence-electron chi connectivity index (χ2n) is 6.19. The maximum atomic E-state index is 14.2. The molecule has 1 aromatic rings. The largest absolute Gasteiger partial charge is 0.456 e. The molecule has 0 aliphatic carbocycles. The van der Waals surface area contributed by atoms with Gasteiger partial charge in [0.15, 0.2) is 0 Å². The summed E-state index contributed by atoms with van der Waals surface area (Å²) in [4.78, 5) is 25.0. The molecule has 0 saturated carbocycles. The summed E-state index contributed by atoms with van der Waals surface area (Å²) in [6, 6.07) is 3.99. The second-order valence-corrected chi connectivity index (χ2v) is 6.19. The van der Waals surface area contributed by atoms with Gasteiger partial charge in [0.05, 0.1) is 17.8 Å². The van der Waals surface area contributed by atoms with Gasteiger partial charge in [-0.25, -0.2) is 14.0 Å². The van der Waals surface area contributed by atoms with Gasteiger partial charge in [-0.3, -0.25) is 4.90 Å². The van der Waals surface area contributed by atoms with Crippen LogP contribution >= 0.6 is 0 Å². The first kappa shape index (κ1) is 16.3.